The lowest BCUT2D eigenvalue weighted by Crippen LogP contribution is -2.62. The second-order valence-corrected chi connectivity index (χ2v) is 9.71. The highest BCUT2D eigenvalue weighted by Crippen LogP contribution is 2.47. The van der Waals surface area contributed by atoms with E-state index in [-0.39, 0.29) is 11.5 Å². The molecule has 6 unspecified atom stereocenters. The van der Waals surface area contributed by atoms with Gasteiger partial charge in [0.25, 0.3) is 0 Å². The number of phenols is 1. The number of aryl methyl sites for hydroxylation is 1. The number of nitrogens with zero attached hydrogens (tertiary/aromatic N) is 1. The number of aromatic hydroxyl groups is 1. The van der Waals surface area contributed by atoms with Crippen molar-refractivity contribution in [3.63, 3.8) is 0 Å². The molecule has 2 fully saturated rings. The summed E-state index contributed by atoms with van der Waals surface area (Å²) < 4.78 is 20.6. The van der Waals surface area contributed by atoms with E-state index in [1.165, 1.54) is 6.08 Å². The van der Waals surface area contributed by atoms with E-state index in [2.05, 4.69) is 25.1 Å². The number of aliphatic hydroxyl groups is 1. The summed E-state index contributed by atoms with van der Waals surface area (Å²) in [5, 5.41) is 25.6. The van der Waals surface area contributed by atoms with E-state index < -0.39 is 53.1 Å². The molecule has 1 aromatic rings. The van der Waals surface area contributed by atoms with Crippen molar-refractivity contribution in [1.29, 1.82) is 0 Å². The number of hydrogen-bond donors (Lipinski definition) is 3. The zero-order valence-electron chi connectivity index (χ0n) is 19.8. The third kappa shape index (κ3) is 4.52. The maximum absolute atomic E-state index is 14.2. The van der Waals surface area contributed by atoms with Crippen molar-refractivity contribution in [3.05, 3.63) is 61.5 Å². The van der Waals surface area contributed by atoms with Crippen molar-refractivity contribution >= 4 is 11.8 Å². The number of nitrogens with one attached hydrogen (secondary N) is 1. The normalized spacial score (nSPS) is 32.3. The molecule has 7 nitrogen and oxygen atoms in total. The van der Waals surface area contributed by atoms with Crippen molar-refractivity contribution in [2.45, 2.75) is 49.9 Å². The van der Waals surface area contributed by atoms with Gasteiger partial charge >= 0.3 is 0 Å². The van der Waals surface area contributed by atoms with Gasteiger partial charge in [0.1, 0.15) is 17.8 Å². The van der Waals surface area contributed by atoms with Crippen LogP contribution in [0.3, 0.4) is 0 Å². The Kier molecular flexibility index (Phi) is 7.15. The number of likely N-dealkylation sites (tertiary alicyclic amines) is 1. The minimum atomic E-state index is -1.32. The van der Waals surface area contributed by atoms with Crippen LogP contribution in [-0.4, -0.2) is 57.8 Å². The fourth-order valence-corrected chi connectivity index (χ4v) is 5.89. The average molecular weight is 485 g/mol. The number of rotatable bonds is 8. The highest BCUT2D eigenvalue weighted by Gasteiger charge is 2.57. The molecule has 35 heavy (non-hydrogen) atoms. The molecule has 8 heteroatoms. The Hall–Kier alpha value is -2.97. The summed E-state index contributed by atoms with van der Waals surface area (Å²) in [6.45, 7) is 11.8. The van der Waals surface area contributed by atoms with Gasteiger partial charge < -0.3 is 20.3 Å². The summed E-state index contributed by atoms with van der Waals surface area (Å²) in [5.41, 5.74) is -0.195. The van der Waals surface area contributed by atoms with Crippen molar-refractivity contribution in [1.82, 2.24) is 10.2 Å². The molecule has 2 heterocycles. The topological polar surface area (TPSA) is 99.1 Å². The molecule has 3 N–H and O–H groups in total. The minimum absolute atomic E-state index is 0.0647. The number of carbonyl (C=O) groups is 2. The highest BCUT2D eigenvalue weighted by atomic mass is 19.1. The number of carbonyl (C=O) groups excluding carboxylic acids is 2. The molecule has 2 amide bonds. The van der Waals surface area contributed by atoms with Gasteiger partial charge in [0, 0.05) is 12.5 Å². The molecular weight excluding hydrogens is 451 g/mol. The summed E-state index contributed by atoms with van der Waals surface area (Å²) in [7, 11) is 0. The number of hydrogen-bond acceptors (Lipinski definition) is 6. The summed E-state index contributed by atoms with van der Waals surface area (Å²) in [6.07, 6.45) is 4.42. The quantitative estimate of drug-likeness (QED) is 0.298. The first kappa shape index (κ1) is 25.1. The van der Waals surface area contributed by atoms with Gasteiger partial charge in [-0.1, -0.05) is 24.8 Å². The summed E-state index contributed by atoms with van der Waals surface area (Å²) >= 11 is 0. The fourth-order valence-electron chi connectivity index (χ4n) is 5.89. The fraction of sp³-hybridized carbons (Fsp3) is 0.481. The van der Waals surface area contributed by atoms with Gasteiger partial charge in [0.05, 0.1) is 17.6 Å². The number of fused-ring (bicyclic) bond motifs is 4. The molecule has 0 radical (unpaired) electrons. The van der Waals surface area contributed by atoms with Crippen LogP contribution in [0, 0.1) is 17.8 Å². The van der Waals surface area contributed by atoms with Crippen LogP contribution in [0.1, 0.15) is 31.2 Å². The smallest absolute Gasteiger partial charge is 0.240 e. The molecule has 1 saturated carbocycles. The summed E-state index contributed by atoms with van der Waals surface area (Å²) in [5.74, 6) is -4.74. The first-order valence-corrected chi connectivity index (χ1v) is 12.1. The third-order valence-electron chi connectivity index (χ3n) is 7.70. The maximum atomic E-state index is 14.2. The Morgan fingerprint density at radius 1 is 1.29 bits per heavy atom. The zero-order chi connectivity index (χ0) is 25.3. The standard InChI is InChI=1S/C27H33FN2O5/c1-4-13-29-14-10-19-24-20(30-25(32)18(5-2)23(16(3)28)26(30)33)9-12-27(19,34)11-8-17-6-7-21(31)22(15-17)35-24/h4-7,15,18-20,23-24,29,31,34H,1-3,8-14H2. The van der Waals surface area contributed by atoms with Gasteiger partial charge in [0.2, 0.25) is 11.8 Å². The van der Waals surface area contributed by atoms with Crippen molar-refractivity contribution in [2.75, 3.05) is 13.1 Å². The van der Waals surface area contributed by atoms with E-state index in [9.17, 15) is 24.2 Å². The second-order valence-electron chi connectivity index (χ2n) is 9.71. The van der Waals surface area contributed by atoms with E-state index in [1.807, 2.05) is 0 Å². The number of halogens is 1. The van der Waals surface area contributed by atoms with Crippen LogP contribution in [0.4, 0.5) is 4.39 Å². The first-order chi connectivity index (χ1) is 16.7. The molecule has 4 rings (SSSR count). The lowest BCUT2D eigenvalue weighted by molar-refractivity contribution is -0.159. The molecule has 188 valence electrons. The molecule has 6 atom stereocenters. The Balaban J connectivity index is 1.76. The van der Waals surface area contributed by atoms with Crippen LogP contribution >= 0.6 is 0 Å². The Labute approximate surface area is 205 Å². The van der Waals surface area contributed by atoms with E-state index in [4.69, 9.17) is 4.74 Å². The van der Waals surface area contributed by atoms with Crippen LogP contribution in [0.15, 0.2) is 55.9 Å². The maximum Gasteiger partial charge on any atom is 0.240 e. The van der Waals surface area contributed by atoms with Gasteiger partial charge in [-0.25, -0.2) is 4.39 Å². The van der Waals surface area contributed by atoms with Gasteiger partial charge in [-0.15, -0.1) is 13.2 Å². The molecule has 4 bridgehead atoms. The average Bonchev–Trinajstić information content (AvgIpc) is 3.09. The van der Waals surface area contributed by atoms with Gasteiger partial charge in [-0.3, -0.25) is 14.5 Å². The molecule has 3 aliphatic rings. The van der Waals surface area contributed by atoms with E-state index >= 15 is 0 Å². The lowest BCUT2D eigenvalue weighted by atomic mass is 9.67. The number of amides is 2. The molecule has 0 spiro atoms. The third-order valence-corrected chi connectivity index (χ3v) is 7.70. The van der Waals surface area contributed by atoms with E-state index in [0.717, 1.165) is 10.5 Å². The number of ether oxygens (including phenoxy) is 1. The number of benzene rings is 1. The molecule has 1 aromatic carbocycles. The summed E-state index contributed by atoms with van der Waals surface area (Å²) in [6, 6.07) is 4.32. The zero-order valence-corrected chi connectivity index (χ0v) is 19.8. The molecule has 1 aliphatic carbocycles. The molecule has 0 aromatic heterocycles. The van der Waals surface area contributed by atoms with Crippen LogP contribution in [0.2, 0.25) is 0 Å². The molecule has 1 saturated heterocycles. The highest BCUT2D eigenvalue weighted by molar-refractivity contribution is 6.07. The van der Waals surface area contributed by atoms with Crippen molar-refractivity contribution in [2.24, 2.45) is 17.8 Å². The van der Waals surface area contributed by atoms with Crippen molar-refractivity contribution in [3.8, 4) is 11.5 Å². The van der Waals surface area contributed by atoms with Gasteiger partial charge in [-0.05, 0) is 56.3 Å². The van der Waals surface area contributed by atoms with E-state index in [0.29, 0.717) is 45.2 Å². The SMILES string of the molecule is C=CCNCCC1C2Oc3cc(ccc3O)CCC1(O)CCC2N1C(=O)C(C=C)C(C(=C)F)C1=O. The Morgan fingerprint density at radius 2 is 2.06 bits per heavy atom. The Morgan fingerprint density at radius 3 is 2.71 bits per heavy atom. The van der Waals surface area contributed by atoms with Crippen LogP contribution in [0.25, 0.3) is 0 Å². The van der Waals surface area contributed by atoms with Gasteiger partial charge in [0.15, 0.2) is 11.5 Å². The first-order valence-electron chi connectivity index (χ1n) is 12.1. The predicted molar refractivity (Wildman–Crippen MR) is 129 cm³/mol. The monoisotopic (exact) mass is 484 g/mol. The minimum Gasteiger partial charge on any atom is -0.504 e. The molecular formula is C27H33FN2O5. The second kappa shape index (κ2) is 9.95. The van der Waals surface area contributed by atoms with Crippen molar-refractivity contribution < 1.29 is 28.9 Å². The number of imide groups is 1. The predicted octanol–water partition coefficient (Wildman–Crippen LogP) is 3.03. The number of phenolic OH excluding ortho intramolecular Hbond substituents is 1. The Bertz CT molecular complexity index is 1040. The van der Waals surface area contributed by atoms with Gasteiger partial charge in [-0.2, -0.15) is 0 Å². The van der Waals surface area contributed by atoms with Crippen LogP contribution < -0.4 is 10.1 Å². The lowest BCUT2D eigenvalue weighted by Gasteiger charge is -2.49. The largest absolute Gasteiger partial charge is 0.504 e. The van der Waals surface area contributed by atoms with Crippen LogP contribution in [-0.2, 0) is 16.0 Å². The molecule has 2 aliphatic heterocycles. The van der Waals surface area contributed by atoms with E-state index in [1.54, 1.807) is 24.3 Å². The van der Waals surface area contributed by atoms with Crippen LogP contribution in [0.5, 0.6) is 11.5 Å². The summed E-state index contributed by atoms with van der Waals surface area (Å²) in [4.78, 5) is 27.7.